The maximum atomic E-state index is 12.9. The quantitative estimate of drug-likeness (QED) is 0.164. The Kier molecular flexibility index (Phi) is 7.68. The molecule has 0 N–H and O–H groups in total. The third-order valence-corrected chi connectivity index (χ3v) is 11.2. The van der Waals surface area contributed by atoms with Gasteiger partial charge in [0.1, 0.15) is 5.75 Å². The first kappa shape index (κ1) is 28.0. The summed E-state index contributed by atoms with van der Waals surface area (Å²) >= 11 is 0. The molecule has 4 saturated carbocycles. The standard InChI is InChI=1S/C37H41O3S/c1-26-17-33(41(31-11-7-5-8-12-31)32-13-9-6-10-14-32)18-27(2)35(26)39-25-34(38)40-36(3,4)15-16-37-22-28-19-29(23-37)21-30(20-28)24-37/h5-14,17-18,28-30H,19-25H2,1-4H3/q+1. The first-order valence-electron chi connectivity index (χ1n) is 15.0. The molecule has 0 unspecified atom stereocenters. The lowest BCUT2D eigenvalue weighted by molar-refractivity contribution is -0.154. The summed E-state index contributed by atoms with van der Waals surface area (Å²) in [6.45, 7) is 7.77. The first-order valence-corrected chi connectivity index (χ1v) is 16.3. The van der Waals surface area contributed by atoms with E-state index in [2.05, 4.69) is 98.5 Å². The van der Waals surface area contributed by atoms with Gasteiger partial charge in [0.15, 0.2) is 26.9 Å². The molecule has 4 bridgehead atoms. The zero-order valence-corrected chi connectivity index (χ0v) is 25.6. The van der Waals surface area contributed by atoms with Crippen LogP contribution in [0, 0.1) is 48.9 Å². The molecule has 0 saturated heterocycles. The normalized spacial score (nSPS) is 24.6. The number of aryl methyl sites for hydroxylation is 2. The van der Waals surface area contributed by atoms with E-state index in [1.54, 1.807) is 0 Å². The maximum Gasteiger partial charge on any atom is 0.345 e. The minimum Gasteiger partial charge on any atom is -0.481 e. The summed E-state index contributed by atoms with van der Waals surface area (Å²) in [5, 5.41) is 0. The van der Waals surface area contributed by atoms with E-state index < -0.39 is 5.60 Å². The van der Waals surface area contributed by atoms with E-state index in [-0.39, 0.29) is 28.9 Å². The van der Waals surface area contributed by atoms with Gasteiger partial charge >= 0.3 is 5.97 Å². The van der Waals surface area contributed by atoms with Crippen LogP contribution in [-0.2, 0) is 20.4 Å². The van der Waals surface area contributed by atoms with Crippen molar-refractivity contribution in [2.45, 2.75) is 86.5 Å². The molecule has 4 aliphatic rings. The highest BCUT2D eigenvalue weighted by Gasteiger charge is 2.50. The monoisotopic (exact) mass is 565 g/mol. The third kappa shape index (κ3) is 6.21. The van der Waals surface area contributed by atoms with Crippen LogP contribution in [0.5, 0.6) is 5.75 Å². The molecule has 0 aromatic heterocycles. The molecular formula is C37H41O3S+. The van der Waals surface area contributed by atoms with Crippen molar-refractivity contribution in [1.82, 2.24) is 0 Å². The Morgan fingerprint density at radius 3 is 1.80 bits per heavy atom. The molecule has 3 aromatic rings. The maximum absolute atomic E-state index is 12.9. The summed E-state index contributed by atoms with van der Waals surface area (Å²) in [5.41, 5.74) is 1.33. The van der Waals surface area contributed by atoms with Gasteiger partial charge in [0.25, 0.3) is 0 Å². The SMILES string of the molecule is Cc1cc([S+](c2ccccc2)c2ccccc2)cc(C)c1OCC(=O)OC(C)(C)C#CC12CC3CC(CC(C3)C1)C2. The first-order chi connectivity index (χ1) is 19.7. The summed E-state index contributed by atoms with van der Waals surface area (Å²) in [6, 6.07) is 25.6. The van der Waals surface area contributed by atoms with Gasteiger partial charge in [-0.15, -0.1) is 0 Å². The fourth-order valence-electron chi connectivity index (χ4n) is 7.79. The number of carbonyl (C=O) groups excluding carboxylic acids is 1. The van der Waals surface area contributed by atoms with Crippen molar-refractivity contribution in [3.8, 4) is 17.6 Å². The van der Waals surface area contributed by atoms with Crippen LogP contribution in [0.25, 0.3) is 0 Å². The molecule has 4 heteroatoms. The molecule has 3 aromatic carbocycles. The van der Waals surface area contributed by atoms with Gasteiger partial charge in [0.05, 0.1) is 10.9 Å². The number of esters is 1. The molecule has 41 heavy (non-hydrogen) atoms. The van der Waals surface area contributed by atoms with Crippen LogP contribution in [-0.4, -0.2) is 18.2 Å². The number of rotatable bonds is 7. The second-order valence-corrected chi connectivity index (χ2v) is 15.1. The number of ether oxygens (including phenoxy) is 2. The van der Waals surface area contributed by atoms with E-state index in [1.807, 2.05) is 13.8 Å². The average molecular weight is 566 g/mol. The van der Waals surface area contributed by atoms with Crippen LogP contribution < -0.4 is 4.74 Å². The number of hydrogen-bond acceptors (Lipinski definition) is 3. The summed E-state index contributed by atoms with van der Waals surface area (Å²) in [7, 11) is -0.239. The molecule has 4 aliphatic carbocycles. The zero-order chi connectivity index (χ0) is 28.6. The Labute approximate surface area is 248 Å². The van der Waals surface area contributed by atoms with E-state index in [1.165, 1.54) is 53.2 Å². The topological polar surface area (TPSA) is 35.5 Å². The van der Waals surface area contributed by atoms with Crippen molar-refractivity contribution in [1.29, 1.82) is 0 Å². The van der Waals surface area contributed by atoms with E-state index in [0.717, 1.165) is 34.6 Å². The summed E-state index contributed by atoms with van der Waals surface area (Å²) in [6.07, 6.45) is 7.87. The van der Waals surface area contributed by atoms with E-state index in [4.69, 9.17) is 9.47 Å². The lowest BCUT2D eigenvalue weighted by atomic mass is 9.50. The zero-order valence-electron chi connectivity index (χ0n) is 24.7. The lowest BCUT2D eigenvalue weighted by Crippen LogP contribution is -2.45. The van der Waals surface area contributed by atoms with Gasteiger partial charge in [-0.05, 0) is 119 Å². The van der Waals surface area contributed by atoms with Crippen molar-refractivity contribution >= 4 is 16.9 Å². The van der Waals surface area contributed by atoms with Crippen molar-refractivity contribution in [2.75, 3.05) is 6.61 Å². The van der Waals surface area contributed by atoms with Crippen molar-refractivity contribution in [3.63, 3.8) is 0 Å². The molecule has 0 radical (unpaired) electrons. The van der Waals surface area contributed by atoms with Crippen molar-refractivity contribution in [3.05, 3.63) is 83.9 Å². The van der Waals surface area contributed by atoms with E-state index in [0.29, 0.717) is 0 Å². The average Bonchev–Trinajstić information content (AvgIpc) is 2.92. The van der Waals surface area contributed by atoms with Gasteiger partial charge in [0, 0.05) is 17.5 Å². The van der Waals surface area contributed by atoms with Crippen LogP contribution in [0.1, 0.15) is 63.5 Å². The molecule has 0 spiro atoms. The van der Waals surface area contributed by atoms with Gasteiger partial charge in [0.2, 0.25) is 0 Å². The predicted molar refractivity (Wildman–Crippen MR) is 165 cm³/mol. The third-order valence-electron chi connectivity index (χ3n) is 9.00. The molecule has 0 aliphatic heterocycles. The van der Waals surface area contributed by atoms with Crippen LogP contribution in [0.2, 0.25) is 0 Å². The van der Waals surface area contributed by atoms with Gasteiger partial charge < -0.3 is 9.47 Å². The largest absolute Gasteiger partial charge is 0.481 e. The Hall–Kier alpha value is -3.16. The molecular weight excluding hydrogens is 524 g/mol. The second-order valence-electron chi connectivity index (χ2n) is 13.0. The fourth-order valence-corrected chi connectivity index (χ4v) is 10.1. The van der Waals surface area contributed by atoms with Crippen LogP contribution >= 0.6 is 0 Å². The Morgan fingerprint density at radius 1 is 0.829 bits per heavy atom. The minimum atomic E-state index is -0.836. The molecule has 0 atom stereocenters. The highest BCUT2D eigenvalue weighted by molar-refractivity contribution is 7.97. The fraction of sp³-hybridized carbons (Fsp3) is 0.432. The number of benzene rings is 3. The number of hydrogen-bond donors (Lipinski definition) is 0. The molecule has 0 heterocycles. The summed E-state index contributed by atoms with van der Waals surface area (Å²) in [4.78, 5) is 16.7. The van der Waals surface area contributed by atoms with E-state index in [9.17, 15) is 4.79 Å². The minimum absolute atomic E-state index is 0.132. The predicted octanol–water partition coefficient (Wildman–Crippen LogP) is 8.32. The Bertz CT molecular complexity index is 1370. The van der Waals surface area contributed by atoms with Crippen LogP contribution in [0.4, 0.5) is 0 Å². The molecule has 3 nitrogen and oxygen atoms in total. The molecule has 0 amide bonds. The van der Waals surface area contributed by atoms with Gasteiger partial charge in [-0.2, -0.15) is 0 Å². The number of carbonyl (C=O) groups is 1. The van der Waals surface area contributed by atoms with Gasteiger partial charge in [-0.25, -0.2) is 4.79 Å². The van der Waals surface area contributed by atoms with E-state index >= 15 is 0 Å². The smallest absolute Gasteiger partial charge is 0.345 e. The summed E-state index contributed by atoms with van der Waals surface area (Å²) in [5.74, 6) is 9.92. The highest BCUT2D eigenvalue weighted by Crippen LogP contribution is 2.59. The van der Waals surface area contributed by atoms with Gasteiger partial charge in [-0.1, -0.05) is 48.2 Å². The Balaban J connectivity index is 1.13. The molecule has 7 rings (SSSR count). The lowest BCUT2D eigenvalue weighted by Gasteiger charge is -2.54. The second kappa shape index (κ2) is 11.3. The Morgan fingerprint density at radius 2 is 1.32 bits per heavy atom. The van der Waals surface area contributed by atoms with Crippen molar-refractivity contribution in [2.24, 2.45) is 23.2 Å². The summed E-state index contributed by atoms with van der Waals surface area (Å²) < 4.78 is 11.9. The molecule has 4 fully saturated rings. The van der Waals surface area contributed by atoms with Crippen LogP contribution in [0.15, 0.2) is 87.5 Å². The van der Waals surface area contributed by atoms with Gasteiger partial charge in [-0.3, -0.25) is 0 Å². The van der Waals surface area contributed by atoms with Crippen molar-refractivity contribution < 1.29 is 14.3 Å². The van der Waals surface area contributed by atoms with Crippen LogP contribution in [0.3, 0.4) is 0 Å². The highest BCUT2D eigenvalue weighted by atomic mass is 32.2. The molecule has 212 valence electrons.